The molecule has 27 heteroatoms. The Kier molecular flexibility index (Phi) is 17.2. The van der Waals surface area contributed by atoms with Gasteiger partial charge in [0.15, 0.2) is 37.7 Å². The van der Waals surface area contributed by atoms with E-state index in [0.717, 1.165) is 0 Å². The summed E-state index contributed by atoms with van der Waals surface area (Å²) in [5.74, 6) is 0. The highest BCUT2D eigenvalue weighted by Crippen LogP contribution is 2.38. The third-order valence-corrected chi connectivity index (χ3v) is 12.3. The Morgan fingerprint density at radius 3 is 1.10 bits per heavy atom. The number of ether oxygens (including phenoxy) is 11. The summed E-state index contributed by atoms with van der Waals surface area (Å²) < 4.78 is 63.9. The van der Waals surface area contributed by atoms with Crippen LogP contribution in [0, 0.1) is 0 Å². The van der Waals surface area contributed by atoms with Crippen molar-refractivity contribution in [3.8, 4) is 0 Å². The molecule has 6 aliphatic rings. The normalized spacial score (nSPS) is 56.0. The Morgan fingerprint density at radius 1 is 0.286 bits per heavy atom. The monoisotopic (exact) mass is 926 g/mol. The summed E-state index contributed by atoms with van der Waals surface area (Å²) in [7, 11) is 0. The first kappa shape index (κ1) is 51.3. The van der Waals surface area contributed by atoms with Gasteiger partial charge in [-0.1, -0.05) is 0 Å². The fourth-order valence-corrected chi connectivity index (χ4v) is 8.22. The molecule has 0 aromatic rings. The quantitative estimate of drug-likeness (QED) is 0.0864. The second-order valence-electron chi connectivity index (χ2n) is 16.7. The summed E-state index contributed by atoms with van der Waals surface area (Å²) in [6.45, 7) is 3.60. The lowest BCUT2D eigenvalue weighted by Gasteiger charge is -2.51. The molecule has 6 aliphatic heterocycles. The van der Waals surface area contributed by atoms with Crippen LogP contribution < -0.4 is 0 Å². The molecule has 368 valence electrons. The number of rotatable bonds is 12. The van der Waals surface area contributed by atoms with Gasteiger partial charge in [0.25, 0.3) is 0 Å². The van der Waals surface area contributed by atoms with Crippen molar-refractivity contribution >= 4 is 0 Å². The SMILES string of the molecule is C[C@@H]1O[C@@H](O[C@@H]2[C@@H](O)[C@H](C)O[C@@H](O[C@H]3[C@H](O[C@@H]4[C@@H](O)[C@H](C)O[C@@H](O)[C@@H]4O[C@@H]4O[C@H](CO)[C@@H](O)[C@H](O)[C@H]4O)O[C@@H](C)[C@H](O)[C@H]3O)[C@@H]2O[C@@H]2O[C@H](CO)[C@@H](O)[C@H](O)[C@H]2O)[C@H](O)[C@H](O)[C@H]1O. The summed E-state index contributed by atoms with van der Waals surface area (Å²) in [5, 5.41) is 171. The average molecular weight is 927 g/mol. The molecular weight excluding hydrogens is 864 g/mol. The van der Waals surface area contributed by atoms with Crippen LogP contribution >= 0.6 is 0 Å². The van der Waals surface area contributed by atoms with E-state index >= 15 is 0 Å². The molecule has 0 amide bonds. The second kappa shape index (κ2) is 21.1. The molecule has 0 radical (unpaired) electrons. The topological polar surface area (TPSA) is 425 Å². The van der Waals surface area contributed by atoms with E-state index < -0.39 is 197 Å². The zero-order valence-corrected chi connectivity index (χ0v) is 34.4. The molecule has 0 aromatic heterocycles. The maximum absolute atomic E-state index is 11.6. The van der Waals surface area contributed by atoms with Crippen molar-refractivity contribution in [2.75, 3.05) is 13.2 Å². The fraction of sp³-hybridized carbons (Fsp3) is 1.00. The molecule has 16 N–H and O–H groups in total. The molecule has 0 spiro atoms. The van der Waals surface area contributed by atoms with E-state index in [0.29, 0.717) is 0 Å². The Labute approximate surface area is 358 Å². The summed E-state index contributed by atoms with van der Waals surface area (Å²) >= 11 is 0. The van der Waals surface area contributed by atoms with Crippen LogP contribution in [0.1, 0.15) is 27.7 Å². The molecule has 0 aliphatic carbocycles. The maximum atomic E-state index is 11.6. The summed E-state index contributed by atoms with van der Waals surface area (Å²) in [5.41, 5.74) is 0. The van der Waals surface area contributed by atoms with Gasteiger partial charge in [-0.05, 0) is 27.7 Å². The van der Waals surface area contributed by atoms with E-state index in [1.54, 1.807) is 0 Å². The van der Waals surface area contributed by atoms with Crippen LogP contribution in [0.4, 0.5) is 0 Å². The first-order valence-electron chi connectivity index (χ1n) is 20.6. The van der Waals surface area contributed by atoms with Gasteiger partial charge < -0.3 is 134 Å². The molecule has 0 bridgehead atoms. The van der Waals surface area contributed by atoms with Gasteiger partial charge in [0.05, 0.1) is 37.6 Å². The Bertz CT molecular complexity index is 1440. The van der Waals surface area contributed by atoms with Crippen LogP contribution in [0.5, 0.6) is 0 Å². The zero-order chi connectivity index (χ0) is 46.5. The van der Waals surface area contributed by atoms with Gasteiger partial charge in [0, 0.05) is 0 Å². The smallest absolute Gasteiger partial charge is 0.187 e. The van der Waals surface area contributed by atoms with Crippen molar-refractivity contribution in [1.29, 1.82) is 0 Å². The highest BCUT2D eigenvalue weighted by Gasteiger charge is 2.58. The van der Waals surface area contributed by atoms with E-state index in [9.17, 15) is 81.7 Å². The molecule has 27 nitrogen and oxygen atoms in total. The highest BCUT2D eigenvalue weighted by atomic mass is 16.8. The van der Waals surface area contributed by atoms with Crippen molar-refractivity contribution in [1.82, 2.24) is 0 Å². The van der Waals surface area contributed by atoms with Crippen LogP contribution in [-0.2, 0) is 52.1 Å². The standard InChI is InChI=1S/C36H62O27/c1-7-13(39)19(45)23(49)32(54-7)59-27-16(42)10(4)56-36(30(27)63-34-25(51)21(47)18(44)12(6-38)58-34)61-28-22(48)14(40)8(2)55-35(28)60-26-15(41)9(3)53-31(52)29(26)62-33-24(50)20(46)17(43)11(5-37)57-33/h7-52H,5-6H2,1-4H3/t7-,8-,9-,10-,11+,12+,13-,14-,15-,16-,17+,18+,19+,20-,21-,22+,23+,24+,25+,26+,27+,28+,29+,30+,31+,32-,33-,34-,35-,36-/m0/s1. The van der Waals surface area contributed by atoms with Crippen molar-refractivity contribution in [2.45, 2.75) is 212 Å². The van der Waals surface area contributed by atoms with Crippen LogP contribution in [-0.4, -0.2) is 279 Å². The Hall–Kier alpha value is -1.08. The third kappa shape index (κ3) is 10.4. The molecule has 6 fully saturated rings. The minimum atomic E-state index is -2.07. The van der Waals surface area contributed by atoms with Crippen LogP contribution in [0.3, 0.4) is 0 Å². The highest BCUT2D eigenvalue weighted by molar-refractivity contribution is 4.99. The van der Waals surface area contributed by atoms with Crippen LogP contribution in [0.25, 0.3) is 0 Å². The van der Waals surface area contributed by atoms with Gasteiger partial charge in [-0.25, -0.2) is 0 Å². The first-order valence-corrected chi connectivity index (χ1v) is 20.6. The Balaban J connectivity index is 1.33. The fourth-order valence-electron chi connectivity index (χ4n) is 8.22. The molecule has 6 heterocycles. The molecular formula is C36H62O27. The molecule has 6 rings (SSSR count). The minimum absolute atomic E-state index is 0.842. The molecule has 0 unspecified atom stereocenters. The largest absolute Gasteiger partial charge is 0.394 e. The molecule has 63 heavy (non-hydrogen) atoms. The zero-order valence-electron chi connectivity index (χ0n) is 34.4. The minimum Gasteiger partial charge on any atom is -0.394 e. The van der Waals surface area contributed by atoms with Gasteiger partial charge in [-0.15, -0.1) is 0 Å². The van der Waals surface area contributed by atoms with E-state index in [1.165, 1.54) is 27.7 Å². The number of aliphatic hydroxyl groups excluding tert-OH is 16. The maximum Gasteiger partial charge on any atom is 0.187 e. The Morgan fingerprint density at radius 2 is 0.603 bits per heavy atom. The van der Waals surface area contributed by atoms with E-state index in [2.05, 4.69) is 0 Å². The van der Waals surface area contributed by atoms with Crippen molar-refractivity contribution in [2.24, 2.45) is 0 Å². The first-order chi connectivity index (χ1) is 29.6. The van der Waals surface area contributed by atoms with Gasteiger partial charge >= 0.3 is 0 Å². The lowest BCUT2D eigenvalue weighted by Crippen LogP contribution is -2.68. The van der Waals surface area contributed by atoms with Crippen molar-refractivity contribution in [3.05, 3.63) is 0 Å². The van der Waals surface area contributed by atoms with E-state index in [4.69, 9.17) is 52.1 Å². The van der Waals surface area contributed by atoms with Crippen LogP contribution in [0.2, 0.25) is 0 Å². The van der Waals surface area contributed by atoms with Crippen molar-refractivity contribution in [3.63, 3.8) is 0 Å². The molecule has 30 atom stereocenters. The lowest BCUT2D eigenvalue weighted by molar-refractivity contribution is -0.415. The molecule has 6 saturated heterocycles. The third-order valence-electron chi connectivity index (χ3n) is 12.3. The van der Waals surface area contributed by atoms with Crippen molar-refractivity contribution < 1.29 is 134 Å². The van der Waals surface area contributed by atoms with Gasteiger partial charge in [0.2, 0.25) is 0 Å². The summed E-state index contributed by atoms with van der Waals surface area (Å²) in [4.78, 5) is 0. The predicted octanol–water partition coefficient (Wildman–Crippen LogP) is -9.99. The van der Waals surface area contributed by atoms with Crippen LogP contribution in [0.15, 0.2) is 0 Å². The summed E-state index contributed by atoms with van der Waals surface area (Å²) in [6, 6.07) is 0. The van der Waals surface area contributed by atoms with Gasteiger partial charge in [-0.3, -0.25) is 0 Å². The average Bonchev–Trinajstić information content (AvgIpc) is 3.25. The van der Waals surface area contributed by atoms with Gasteiger partial charge in [-0.2, -0.15) is 0 Å². The summed E-state index contributed by atoms with van der Waals surface area (Å²) in [6.07, 6.45) is -52.9. The number of aliphatic hydroxyl groups is 16. The number of hydrogen-bond donors (Lipinski definition) is 16. The van der Waals surface area contributed by atoms with E-state index in [1.807, 2.05) is 0 Å². The van der Waals surface area contributed by atoms with Gasteiger partial charge in [0.1, 0.15) is 122 Å². The molecule has 0 saturated carbocycles. The number of hydrogen-bond acceptors (Lipinski definition) is 27. The lowest BCUT2D eigenvalue weighted by atomic mass is 9.95. The predicted molar refractivity (Wildman–Crippen MR) is 194 cm³/mol. The second-order valence-corrected chi connectivity index (χ2v) is 16.7. The van der Waals surface area contributed by atoms with E-state index in [-0.39, 0.29) is 0 Å². The molecule has 0 aromatic carbocycles.